The summed E-state index contributed by atoms with van der Waals surface area (Å²) < 4.78 is 12.3. The molecule has 1 aliphatic rings. The average Bonchev–Trinajstić information content (AvgIpc) is 2.63. The van der Waals surface area contributed by atoms with E-state index in [0.29, 0.717) is 12.2 Å². The van der Waals surface area contributed by atoms with Gasteiger partial charge in [-0.05, 0) is 24.5 Å². The molecule has 0 aliphatic heterocycles. The van der Waals surface area contributed by atoms with Crippen LogP contribution in [0, 0.1) is 12.8 Å². The van der Waals surface area contributed by atoms with Crippen LogP contribution in [0.25, 0.3) is 0 Å². The van der Waals surface area contributed by atoms with Gasteiger partial charge in [-0.1, -0.05) is 31.2 Å². The van der Waals surface area contributed by atoms with Crippen molar-refractivity contribution in [1.29, 1.82) is 0 Å². The molecule has 0 aromatic heterocycles. The van der Waals surface area contributed by atoms with E-state index in [1.807, 2.05) is 38.1 Å². The van der Waals surface area contributed by atoms with E-state index in [4.69, 9.17) is 0 Å². The third kappa shape index (κ3) is 2.65. The van der Waals surface area contributed by atoms with E-state index in [1.165, 1.54) is 5.56 Å². The molecule has 1 aromatic carbocycles. The molecule has 0 N–H and O–H groups in total. The monoisotopic (exact) mass is 250 g/mol. The lowest BCUT2D eigenvalue weighted by molar-refractivity contribution is -0.120. The summed E-state index contributed by atoms with van der Waals surface area (Å²) in [6.07, 6.45) is 1.39. The highest BCUT2D eigenvalue weighted by molar-refractivity contribution is 7.84. The second kappa shape index (κ2) is 5.13. The number of aryl methyl sites for hydroxylation is 1. The molecule has 0 spiro atoms. The van der Waals surface area contributed by atoms with E-state index >= 15 is 0 Å². The fraction of sp³-hybridized carbons (Fsp3) is 0.500. The van der Waals surface area contributed by atoms with Gasteiger partial charge in [-0.2, -0.15) is 0 Å². The first-order chi connectivity index (χ1) is 8.09. The molecular formula is C14H18O2S. The molecule has 2 nitrogen and oxygen atoms in total. The van der Waals surface area contributed by atoms with Crippen molar-refractivity contribution in [2.45, 2.75) is 37.7 Å². The van der Waals surface area contributed by atoms with Crippen molar-refractivity contribution in [2.75, 3.05) is 0 Å². The maximum Gasteiger partial charge on any atom is 0.136 e. The smallest absolute Gasteiger partial charge is 0.136 e. The Kier molecular flexibility index (Phi) is 3.77. The molecule has 0 amide bonds. The first-order valence-corrected chi connectivity index (χ1v) is 7.42. The van der Waals surface area contributed by atoms with Crippen LogP contribution in [-0.2, 0) is 21.3 Å². The highest BCUT2D eigenvalue weighted by atomic mass is 32.2. The predicted molar refractivity (Wildman–Crippen MR) is 70.2 cm³/mol. The van der Waals surface area contributed by atoms with E-state index < -0.39 is 10.8 Å². The van der Waals surface area contributed by atoms with Crippen LogP contribution < -0.4 is 0 Å². The molecule has 3 unspecified atom stereocenters. The topological polar surface area (TPSA) is 34.1 Å². The molecule has 3 heteroatoms. The normalized spacial score (nSPS) is 26.1. The fourth-order valence-electron chi connectivity index (χ4n) is 2.36. The lowest BCUT2D eigenvalue weighted by Gasteiger charge is -2.14. The van der Waals surface area contributed by atoms with Crippen molar-refractivity contribution in [2.24, 2.45) is 5.92 Å². The average molecular weight is 250 g/mol. The Morgan fingerprint density at radius 1 is 1.35 bits per heavy atom. The zero-order chi connectivity index (χ0) is 12.4. The fourth-order valence-corrected chi connectivity index (χ4v) is 4.19. The first-order valence-electron chi connectivity index (χ1n) is 6.04. The Labute approximate surface area is 105 Å². The lowest BCUT2D eigenvalue weighted by atomic mass is 10.1. The van der Waals surface area contributed by atoms with Crippen LogP contribution in [-0.4, -0.2) is 15.2 Å². The van der Waals surface area contributed by atoms with Crippen LogP contribution >= 0.6 is 0 Å². The largest absolute Gasteiger partial charge is 0.299 e. The van der Waals surface area contributed by atoms with Crippen molar-refractivity contribution in [3.05, 3.63) is 35.4 Å². The van der Waals surface area contributed by atoms with E-state index in [9.17, 15) is 9.00 Å². The van der Waals surface area contributed by atoms with Crippen LogP contribution in [0.15, 0.2) is 24.3 Å². The summed E-state index contributed by atoms with van der Waals surface area (Å²) in [4.78, 5) is 11.5. The van der Waals surface area contributed by atoms with Gasteiger partial charge in [-0.25, -0.2) is 0 Å². The highest BCUT2D eigenvalue weighted by Gasteiger charge is 2.34. The maximum atomic E-state index is 12.3. The van der Waals surface area contributed by atoms with Crippen LogP contribution in [0.4, 0.5) is 0 Å². The van der Waals surface area contributed by atoms with E-state index in [1.54, 1.807) is 0 Å². The van der Waals surface area contributed by atoms with Crippen molar-refractivity contribution >= 4 is 16.6 Å². The highest BCUT2D eigenvalue weighted by Crippen LogP contribution is 2.28. The summed E-state index contributed by atoms with van der Waals surface area (Å²) >= 11 is 0. The van der Waals surface area contributed by atoms with Crippen LogP contribution in [0.2, 0.25) is 0 Å². The molecule has 1 aromatic rings. The van der Waals surface area contributed by atoms with Gasteiger partial charge in [0.15, 0.2) is 0 Å². The Hall–Kier alpha value is -0.960. The molecule has 0 radical (unpaired) electrons. The molecule has 3 atom stereocenters. The van der Waals surface area contributed by atoms with Gasteiger partial charge in [0.2, 0.25) is 0 Å². The molecular weight excluding hydrogens is 232 g/mol. The maximum absolute atomic E-state index is 12.3. The van der Waals surface area contributed by atoms with Crippen LogP contribution in [0.5, 0.6) is 0 Å². The number of ketones is 1. The summed E-state index contributed by atoms with van der Waals surface area (Å²) in [7, 11) is -0.928. The van der Waals surface area contributed by atoms with Gasteiger partial charge >= 0.3 is 0 Å². The van der Waals surface area contributed by atoms with Gasteiger partial charge in [-0.15, -0.1) is 0 Å². The SMILES string of the molecule is Cc1ccccc1CS(=O)C1CCC(=O)C1C. The first kappa shape index (κ1) is 12.5. The Bertz CT molecular complexity index is 453. The zero-order valence-corrected chi connectivity index (χ0v) is 11.1. The number of rotatable bonds is 3. The summed E-state index contributed by atoms with van der Waals surface area (Å²) in [5.41, 5.74) is 2.32. The summed E-state index contributed by atoms with van der Waals surface area (Å²) in [6.45, 7) is 3.95. The minimum atomic E-state index is -0.928. The third-order valence-electron chi connectivity index (χ3n) is 3.64. The minimum absolute atomic E-state index is 0.0279. The zero-order valence-electron chi connectivity index (χ0n) is 10.3. The van der Waals surface area contributed by atoms with E-state index in [0.717, 1.165) is 12.0 Å². The van der Waals surface area contributed by atoms with Gasteiger partial charge in [-0.3, -0.25) is 9.00 Å². The Morgan fingerprint density at radius 3 is 2.65 bits per heavy atom. The van der Waals surface area contributed by atoms with Gasteiger partial charge in [0, 0.05) is 34.1 Å². The van der Waals surface area contributed by atoms with Gasteiger partial charge < -0.3 is 0 Å². The lowest BCUT2D eigenvalue weighted by Crippen LogP contribution is -2.22. The molecule has 17 heavy (non-hydrogen) atoms. The summed E-state index contributed by atoms with van der Waals surface area (Å²) in [6, 6.07) is 8.02. The van der Waals surface area contributed by atoms with Crippen molar-refractivity contribution in [3.63, 3.8) is 0 Å². The molecule has 0 bridgehead atoms. The van der Waals surface area contributed by atoms with Crippen LogP contribution in [0.1, 0.15) is 30.9 Å². The molecule has 1 fully saturated rings. The molecule has 0 saturated heterocycles. The number of Topliss-reactive ketones (excluding diaryl/α,β-unsaturated/α-hetero) is 1. The van der Waals surface area contributed by atoms with Gasteiger partial charge in [0.25, 0.3) is 0 Å². The van der Waals surface area contributed by atoms with E-state index in [2.05, 4.69) is 0 Å². The van der Waals surface area contributed by atoms with Crippen LogP contribution in [0.3, 0.4) is 0 Å². The summed E-state index contributed by atoms with van der Waals surface area (Å²) in [5, 5.41) is 0.0575. The van der Waals surface area contributed by atoms with Gasteiger partial charge in [0.1, 0.15) is 5.78 Å². The van der Waals surface area contributed by atoms with Crippen molar-refractivity contribution in [1.82, 2.24) is 0 Å². The summed E-state index contributed by atoms with van der Waals surface area (Å²) in [5.74, 6) is 0.822. The number of hydrogen-bond donors (Lipinski definition) is 0. The number of carbonyl (C=O) groups excluding carboxylic acids is 1. The second-order valence-electron chi connectivity index (χ2n) is 4.78. The number of benzene rings is 1. The predicted octanol–water partition coefficient (Wildman–Crippen LogP) is 2.61. The molecule has 92 valence electrons. The Balaban J connectivity index is 2.08. The molecule has 1 saturated carbocycles. The molecule has 2 rings (SSSR count). The standard InChI is InChI=1S/C14H18O2S/c1-10-5-3-4-6-12(10)9-17(16)14-8-7-13(15)11(14)2/h3-6,11,14H,7-9H2,1-2H3. The Morgan fingerprint density at radius 2 is 2.06 bits per heavy atom. The van der Waals surface area contributed by atoms with E-state index in [-0.39, 0.29) is 17.0 Å². The van der Waals surface area contributed by atoms with Crippen molar-refractivity contribution < 1.29 is 9.00 Å². The minimum Gasteiger partial charge on any atom is -0.299 e. The molecule has 1 aliphatic carbocycles. The van der Waals surface area contributed by atoms with Gasteiger partial charge in [0.05, 0.1) is 0 Å². The number of carbonyl (C=O) groups is 1. The molecule has 0 heterocycles. The van der Waals surface area contributed by atoms with Crippen molar-refractivity contribution in [3.8, 4) is 0 Å². The third-order valence-corrected chi connectivity index (χ3v) is 5.55. The number of hydrogen-bond acceptors (Lipinski definition) is 2. The quantitative estimate of drug-likeness (QED) is 0.826. The second-order valence-corrected chi connectivity index (χ2v) is 6.44.